The maximum atomic E-state index is 13.2. The Bertz CT molecular complexity index is 1450. The van der Waals surface area contributed by atoms with Gasteiger partial charge in [-0.1, -0.05) is 36.4 Å². The van der Waals surface area contributed by atoms with Gasteiger partial charge >= 0.3 is 12.0 Å². The van der Waals surface area contributed by atoms with Gasteiger partial charge in [-0.15, -0.1) is 11.8 Å². The van der Waals surface area contributed by atoms with Gasteiger partial charge in [0, 0.05) is 34.9 Å². The summed E-state index contributed by atoms with van der Waals surface area (Å²) in [5, 5.41) is 17.5. The van der Waals surface area contributed by atoms with E-state index >= 15 is 0 Å². The van der Waals surface area contributed by atoms with Crippen LogP contribution in [0.3, 0.4) is 0 Å². The van der Waals surface area contributed by atoms with Crippen molar-refractivity contribution >= 4 is 58.5 Å². The van der Waals surface area contributed by atoms with Crippen LogP contribution in [-0.2, 0) is 14.4 Å². The maximum absolute atomic E-state index is 13.2. The summed E-state index contributed by atoms with van der Waals surface area (Å²) in [5.74, 6) is -1.75. The SMILES string of the molecule is Cc1ccccc1NC(=O)Nc1ccc(NC(=O)[C@@H]2CSCN2C(=O)CN(CCC(=O)O)C(=O)c2ccccc2)cc1. The van der Waals surface area contributed by atoms with Crippen molar-refractivity contribution in [2.24, 2.45) is 0 Å². The number of benzene rings is 3. The van der Waals surface area contributed by atoms with Gasteiger partial charge in [0.05, 0.1) is 12.3 Å². The molecule has 5 amide bonds. The highest BCUT2D eigenvalue weighted by Crippen LogP contribution is 2.24. The number of carbonyl (C=O) groups excluding carboxylic acids is 4. The highest BCUT2D eigenvalue weighted by Gasteiger charge is 2.36. The third-order valence-corrected chi connectivity index (χ3v) is 7.55. The highest BCUT2D eigenvalue weighted by atomic mass is 32.2. The van der Waals surface area contributed by atoms with Crippen molar-refractivity contribution < 1.29 is 29.1 Å². The van der Waals surface area contributed by atoms with Gasteiger partial charge in [-0.05, 0) is 55.0 Å². The van der Waals surface area contributed by atoms with Crippen molar-refractivity contribution in [2.75, 3.05) is 40.7 Å². The van der Waals surface area contributed by atoms with E-state index in [2.05, 4.69) is 16.0 Å². The Morgan fingerprint density at radius 1 is 0.881 bits per heavy atom. The van der Waals surface area contributed by atoms with Gasteiger partial charge in [0.15, 0.2) is 0 Å². The normalized spacial score (nSPS) is 14.1. The van der Waals surface area contributed by atoms with Gasteiger partial charge in [-0.25, -0.2) is 4.79 Å². The number of rotatable bonds is 10. The van der Waals surface area contributed by atoms with Crippen LogP contribution in [0, 0.1) is 6.92 Å². The minimum Gasteiger partial charge on any atom is -0.481 e. The zero-order chi connectivity index (χ0) is 30.1. The molecule has 4 N–H and O–H groups in total. The van der Waals surface area contributed by atoms with E-state index in [-0.39, 0.29) is 25.4 Å². The van der Waals surface area contributed by atoms with Gasteiger partial charge in [0.2, 0.25) is 11.8 Å². The molecule has 0 saturated carbocycles. The molecule has 12 heteroatoms. The second-order valence-electron chi connectivity index (χ2n) is 9.58. The number of anilines is 3. The van der Waals surface area contributed by atoms with E-state index in [0.717, 1.165) is 5.56 Å². The second kappa shape index (κ2) is 14.2. The average molecular weight is 590 g/mol. The van der Waals surface area contributed by atoms with Crippen LogP contribution in [-0.4, -0.2) is 75.4 Å². The van der Waals surface area contributed by atoms with Crippen LogP contribution in [0.2, 0.25) is 0 Å². The number of nitrogens with one attached hydrogen (secondary N) is 3. The first-order chi connectivity index (χ1) is 20.2. The van der Waals surface area contributed by atoms with Crippen LogP contribution in [0.15, 0.2) is 78.9 Å². The number of aryl methyl sites for hydroxylation is 1. The van der Waals surface area contributed by atoms with E-state index in [0.29, 0.717) is 28.4 Å². The Morgan fingerprint density at radius 2 is 1.52 bits per heavy atom. The lowest BCUT2D eigenvalue weighted by Crippen LogP contribution is -2.49. The van der Waals surface area contributed by atoms with E-state index < -0.39 is 35.8 Å². The van der Waals surface area contributed by atoms with E-state index in [1.54, 1.807) is 60.7 Å². The van der Waals surface area contributed by atoms with Gasteiger partial charge in [-0.3, -0.25) is 19.2 Å². The van der Waals surface area contributed by atoms with E-state index in [4.69, 9.17) is 5.11 Å². The zero-order valence-electron chi connectivity index (χ0n) is 22.9. The smallest absolute Gasteiger partial charge is 0.323 e. The summed E-state index contributed by atoms with van der Waals surface area (Å²) in [6.07, 6.45) is -0.317. The van der Waals surface area contributed by atoms with Gasteiger partial charge in [0.1, 0.15) is 12.6 Å². The van der Waals surface area contributed by atoms with Crippen LogP contribution in [0.5, 0.6) is 0 Å². The predicted octanol–water partition coefficient (Wildman–Crippen LogP) is 4.10. The Labute approximate surface area is 247 Å². The van der Waals surface area contributed by atoms with Crippen molar-refractivity contribution in [3.63, 3.8) is 0 Å². The molecule has 0 aromatic heterocycles. The van der Waals surface area contributed by atoms with Crippen LogP contribution in [0.1, 0.15) is 22.3 Å². The molecule has 4 rings (SSSR count). The standard InChI is InChI=1S/C30H31N5O6S/c1-20-7-5-6-10-24(20)33-30(41)32-23-13-11-22(12-14-23)31-28(39)25-18-42-19-35(25)26(36)17-34(16-15-27(37)38)29(40)21-8-3-2-4-9-21/h2-14,25H,15-19H2,1H3,(H,31,39)(H,37,38)(H2,32,33,41)/t25-/m0/s1. The zero-order valence-corrected chi connectivity index (χ0v) is 23.7. The van der Waals surface area contributed by atoms with Crippen LogP contribution in [0.4, 0.5) is 21.9 Å². The Hall–Kier alpha value is -4.84. The average Bonchev–Trinajstić information content (AvgIpc) is 3.48. The fraction of sp³-hybridized carbons (Fsp3) is 0.233. The van der Waals surface area contributed by atoms with Gasteiger partial charge in [0.25, 0.3) is 5.91 Å². The van der Waals surface area contributed by atoms with Crippen molar-refractivity contribution in [1.29, 1.82) is 0 Å². The third-order valence-electron chi connectivity index (χ3n) is 6.54. The lowest BCUT2D eigenvalue weighted by atomic mass is 10.2. The molecule has 0 aliphatic carbocycles. The Morgan fingerprint density at radius 3 is 2.19 bits per heavy atom. The van der Waals surface area contributed by atoms with Crippen molar-refractivity contribution in [3.05, 3.63) is 90.0 Å². The van der Waals surface area contributed by atoms with Crippen molar-refractivity contribution in [2.45, 2.75) is 19.4 Å². The number of aliphatic carboxylic acids is 1. The van der Waals surface area contributed by atoms with Crippen LogP contribution in [0.25, 0.3) is 0 Å². The molecular formula is C30H31N5O6S. The van der Waals surface area contributed by atoms with Crippen LogP contribution < -0.4 is 16.0 Å². The summed E-state index contributed by atoms with van der Waals surface area (Å²) in [6.45, 7) is 1.40. The van der Waals surface area contributed by atoms with E-state index in [1.807, 2.05) is 25.1 Å². The lowest BCUT2D eigenvalue weighted by Gasteiger charge is -2.27. The third kappa shape index (κ3) is 8.10. The predicted molar refractivity (Wildman–Crippen MR) is 161 cm³/mol. The Balaban J connectivity index is 1.35. The summed E-state index contributed by atoms with van der Waals surface area (Å²) in [5.41, 5.74) is 2.97. The molecule has 1 aliphatic heterocycles. The second-order valence-corrected chi connectivity index (χ2v) is 10.6. The van der Waals surface area contributed by atoms with Crippen molar-refractivity contribution in [1.82, 2.24) is 9.80 Å². The number of urea groups is 1. The first kappa shape index (κ1) is 30.1. The summed E-state index contributed by atoms with van der Waals surface area (Å²) in [7, 11) is 0. The number of carboxylic acid groups (broad SMARTS) is 1. The number of carboxylic acids is 1. The topological polar surface area (TPSA) is 148 Å². The number of amides is 5. The number of thioether (sulfide) groups is 1. The minimum atomic E-state index is -1.09. The monoisotopic (exact) mass is 589 g/mol. The molecule has 1 aliphatic rings. The lowest BCUT2D eigenvalue weighted by molar-refractivity contribution is -0.139. The summed E-state index contributed by atoms with van der Waals surface area (Å²) < 4.78 is 0. The molecule has 0 bridgehead atoms. The molecule has 1 saturated heterocycles. The first-order valence-corrected chi connectivity index (χ1v) is 14.3. The molecule has 218 valence electrons. The fourth-order valence-corrected chi connectivity index (χ4v) is 5.45. The number of para-hydroxylation sites is 1. The molecule has 0 unspecified atom stereocenters. The van der Waals surface area contributed by atoms with Gasteiger partial charge < -0.3 is 30.9 Å². The van der Waals surface area contributed by atoms with E-state index in [9.17, 15) is 24.0 Å². The van der Waals surface area contributed by atoms with E-state index in [1.165, 1.54) is 21.6 Å². The molecule has 0 radical (unpaired) electrons. The molecule has 1 fully saturated rings. The quantitative estimate of drug-likeness (QED) is 0.278. The number of carbonyl (C=O) groups is 5. The largest absolute Gasteiger partial charge is 0.481 e. The van der Waals surface area contributed by atoms with Crippen LogP contribution >= 0.6 is 11.8 Å². The van der Waals surface area contributed by atoms with Gasteiger partial charge in [-0.2, -0.15) is 0 Å². The number of nitrogens with zero attached hydrogens (tertiary/aromatic N) is 2. The molecule has 1 heterocycles. The van der Waals surface area contributed by atoms with Crippen molar-refractivity contribution in [3.8, 4) is 0 Å². The molecular weight excluding hydrogens is 558 g/mol. The number of hydrogen-bond acceptors (Lipinski definition) is 6. The highest BCUT2D eigenvalue weighted by molar-refractivity contribution is 7.99. The molecule has 3 aromatic carbocycles. The molecule has 3 aromatic rings. The minimum absolute atomic E-state index is 0.143. The Kier molecular flexibility index (Phi) is 10.2. The summed E-state index contributed by atoms with van der Waals surface area (Å²) >= 11 is 1.41. The molecule has 42 heavy (non-hydrogen) atoms. The maximum Gasteiger partial charge on any atom is 0.323 e. The summed E-state index contributed by atoms with van der Waals surface area (Å²) in [6, 6.07) is 21.1. The summed E-state index contributed by atoms with van der Waals surface area (Å²) in [4.78, 5) is 65.5. The first-order valence-electron chi connectivity index (χ1n) is 13.2. The molecule has 1 atom stereocenters. The molecule has 0 spiro atoms. The number of hydrogen-bond donors (Lipinski definition) is 4. The molecule has 11 nitrogen and oxygen atoms in total. The fourth-order valence-electron chi connectivity index (χ4n) is 4.27.